The molecular weight excluding hydrogens is 238 g/mol. The molecule has 2 aromatic rings. The van der Waals surface area contributed by atoms with Gasteiger partial charge in [0.05, 0.1) is 12.1 Å². The fourth-order valence-corrected chi connectivity index (χ4v) is 2.24. The Kier molecular flexibility index (Phi) is 2.36. The first-order valence-corrected chi connectivity index (χ1v) is 5.77. The quantitative estimate of drug-likeness (QED) is 0.845. The third kappa shape index (κ3) is 1.85. The second kappa shape index (κ2) is 3.80. The second-order valence-corrected chi connectivity index (χ2v) is 4.54. The van der Waals surface area contributed by atoms with Crippen molar-refractivity contribution in [3.8, 4) is 5.75 Å². The number of benzene rings is 1. The van der Waals surface area contributed by atoms with E-state index in [1.54, 1.807) is 24.3 Å². The van der Waals surface area contributed by atoms with Crippen LogP contribution in [0.3, 0.4) is 0 Å². The van der Waals surface area contributed by atoms with E-state index in [2.05, 4.69) is 4.98 Å². The molecule has 0 saturated carbocycles. The van der Waals surface area contributed by atoms with Gasteiger partial charge in [0.1, 0.15) is 11.6 Å². The van der Waals surface area contributed by atoms with Crippen LogP contribution in [-0.2, 0) is 0 Å². The summed E-state index contributed by atoms with van der Waals surface area (Å²) in [5.74, 6) is -2.18. The van der Waals surface area contributed by atoms with Crippen LogP contribution in [-0.4, -0.2) is 29.1 Å². The number of alkyl halides is 2. The minimum atomic E-state index is -2.66. The highest BCUT2D eigenvalue weighted by Crippen LogP contribution is 2.33. The van der Waals surface area contributed by atoms with Gasteiger partial charge in [-0.3, -0.25) is 0 Å². The molecule has 1 saturated heterocycles. The van der Waals surface area contributed by atoms with Crippen LogP contribution < -0.4 is 4.90 Å². The van der Waals surface area contributed by atoms with E-state index in [9.17, 15) is 13.9 Å². The smallest absolute Gasteiger partial charge is 0.266 e. The molecule has 1 aromatic heterocycles. The number of nitrogens with zero attached hydrogens (tertiary/aromatic N) is 2. The second-order valence-electron chi connectivity index (χ2n) is 4.54. The number of aromatic nitrogens is 1. The zero-order chi connectivity index (χ0) is 12.8. The summed E-state index contributed by atoms with van der Waals surface area (Å²) < 4.78 is 26.3. The molecular formula is C13H12F2N2O. The molecule has 3 nitrogen and oxygen atoms in total. The summed E-state index contributed by atoms with van der Waals surface area (Å²) in [6.45, 7) is -0.0738. The summed E-state index contributed by atoms with van der Waals surface area (Å²) in [7, 11) is 0. The Hall–Kier alpha value is -1.91. The molecule has 1 fully saturated rings. The van der Waals surface area contributed by atoms with Gasteiger partial charge in [0.25, 0.3) is 5.92 Å². The van der Waals surface area contributed by atoms with Crippen LogP contribution >= 0.6 is 0 Å². The Labute approximate surface area is 103 Å². The number of aromatic hydroxyl groups is 1. The van der Waals surface area contributed by atoms with E-state index in [1.807, 2.05) is 0 Å². The summed E-state index contributed by atoms with van der Waals surface area (Å²) in [6, 6.07) is 8.56. The van der Waals surface area contributed by atoms with Gasteiger partial charge in [-0.05, 0) is 12.1 Å². The number of para-hydroxylation sites is 1. The summed E-state index contributed by atoms with van der Waals surface area (Å²) in [5.41, 5.74) is 0.614. The van der Waals surface area contributed by atoms with E-state index < -0.39 is 5.92 Å². The largest absolute Gasteiger partial charge is 0.507 e. The van der Waals surface area contributed by atoms with Crippen LogP contribution in [0.5, 0.6) is 5.75 Å². The van der Waals surface area contributed by atoms with Crippen LogP contribution in [0, 0.1) is 0 Å². The minimum Gasteiger partial charge on any atom is -0.507 e. The molecule has 2 heterocycles. The van der Waals surface area contributed by atoms with Crippen molar-refractivity contribution in [3.63, 3.8) is 0 Å². The predicted octanol–water partition coefficient (Wildman–Crippen LogP) is 2.79. The van der Waals surface area contributed by atoms with Gasteiger partial charge in [-0.1, -0.05) is 12.1 Å². The van der Waals surface area contributed by atoms with E-state index in [-0.39, 0.29) is 25.3 Å². The van der Waals surface area contributed by atoms with Crippen LogP contribution in [0.25, 0.3) is 10.9 Å². The van der Waals surface area contributed by atoms with Crippen molar-refractivity contribution in [3.05, 3.63) is 30.3 Å². The predicted molar refractivity (Wildman–Crippen MR) is 65.2 cm³/mol. The van der Waals surface area contributed by atoms with Gasteiger partial charge in [0.15, 0.2) is 0 Å². The number of pyridine rings is 1. The molecule has 1 N–H and O–H groups in total. The molecule has 0 unspecified atom stereocenters. The molecule has 0 atom stereocenters. The third-order valence-corrected chi connectivity index (χ3v) is 3.17. The van der Waals surface area contributed by atoms with Gasteiger partial charge in [-0.15, -0.1) is 0 Å². The number of hydrogen-bond donors (Lipinski definition) is 1. The molecule has 18 heavy (non-hydrogen) atoms. The topological polar surface area (TPSA) is 36.4 Å². The van der Waals surface area contributed by atoms with E-state index in [4.69, 9.17) is 0 Å². The van der Waals surface area contributed by atoms with Crippen molar-refractivity contribution in [2.24, 2.45) is 0 Å². The molecule has 0 bridgehead atoms. The Morgan fingerprint density at radius 2 is 2.06 bits per heavy atom. The van der Waals surface area contributed by atoms with Gasteiger partial charge in [0.2, 0.25) is 0 Å². The molecule has 0 radical (unpaired) electrons. The molecule has 1 aliphatic rings. The van der Waals surface area contributed by atoms with Gasteiger partial charge in [-0.25, -0.2) is 13.8 Å². The van der Waals surface area contributed by atoms with Gasteiger partial charge < -0.3 is 10.0 Å². The molecule has 1 aliphatic heterocycles. The lowest BCUT2D eigenvalue weighted by Crippen LogP contribution is -2.25. The molecule has 0 spiro atoms. The Morgan fingerprint density at radius 3 is 2.78 bits per heavy atom. The average Bonchev–Trinajstić information content (AvgIpc) is 2.70. The summed E-state index contributed by atoms with van der Waals surface area (Å²) in [4.78, 5) is 5.82. The van der Waals surface area contributed by atoms with Crippen molar-refractivity contribution in [1.82, 2.24) is 4.98 Å². The number of anilines is 1. The van der Waals surface area contributed by atoms with E-state index >= 15 is 0 Å². The first-order valence-electron chi connectivity index (χ1n) is 5.77. The molecule has 3 rings (SSSR count). The normalized spacial score (nSPS) is 18.4. The SMILES string of the molecule is Oc1cc(N2CCC(F)(F)C2)nc2ccccc12. The molecule has 1 aromatic carbocycles. The Morgan fingerprint density at radius 1 is 1.28 bits per heavy atom. The minimum absolute atomic E-state index is 0.0748. The van der Waals surface area contributed by atoms with Crippen LogP contribution in [0.4, 0.5) is 14.6 Å². The third-order valence-electron chi connectivity index (χ3n) is 3.17. The first kappa shape index (κ1) is 11.2. The lowest BCUT2D eigenvalue weighted by atomic mass is 10.2. The lowest BCUT2D eigenvalue weighted by Gasteiger charge is -2.17. The van der Waals surface area contributed by atoms with Gasteiger partial charge >= 0.3 is 0 Å². The van der Waals surface area contributed by atoms with Crippen molar-refractivity contribution in [2.75, 3.05) is 18.0 Å². The van der Waals surface area contributed by atoms with Gasteiger partial charge in [0, 0.05) is 24.4 Å². The maximum Gasteiger partial charge on any atom is 0.266 e. The number of halogens is 2. The van der Waals surface area contributed by atoms with Crippen molar-refractivity contribution in [1.29, 1.82) is 0 Å². The van der Waals surface area contributed by atoms with E-state index in [0.29, 0.717) is 16.7 Å². The zero-order valence-electron chi connectivity index (χ0n) is 9.61. The summed E-state index contributed by atoms with van der Waals surface area (Å²) in [5, 5.41) is 10.5. The van der Waals surface area contributed by atoms with Crippen molar-refractivity contribution >= 4 is 16.7 Å². The highest BCUT2D eigenvalue weighted by atomic mass is 19.3. The maximum absolute atomic E-state index is 13.2. The standard InChI is InChI=1S/C13H12F2N2O/c14-13(15)5-6-17(8-13)12-7-11(18)9-3-1-2-4-10(9)16-12/h1-4,7H,5-6,8H2,(H,16,18). The fraction of sp³-hybridized carbons (Fsp3) is 0.308. The average molecular weight is 250 g/mol. The van der Waals surface area contributed by atoms with Crippen molar-refractivity contribution < 1.29 is 13.9 Å². The van der Waals surface area contributed by atoms with Gasteiger partial charge in [-0.2, -0.15) is 0 Å². The fourth-order valence-electron chi connectivity index (χ4n) is 2.24. The van der Waals surface area contributed by atoms with Crippen LogP contribution in [0.1, 0.15) is 6.42 Å². The van der Waals surface area contributed by atoms with Crippen LogP contribution in [0.15, 0.2) is 30.3 Å². The Balaban J connectivity index is 2.03. The highest BCUT2D eigenvalue weighted by molar-refractivity contribution is 5.86. The van der Waals surface area contributed by atoms with Crippen LogP contribution in [0.2, 0.25) is 0 Å². The number of hydrogen-bond acceptors (Lipinski definition) is 3. The molecule has 0 aliphatic carbocycles. The number of fused-ring (bicyclic) bond motifs is 1. The zero-order valence-corrected chi connectivity index (χ0v) is 9.61. The number of rotatable bonds is 1. The van der Waals surface area contributed by atoms with Crippen molar-refractivity contribution in [2.45, 2.75) is 12.3 Å². The first-order chi connectivity index (χ1) is 8.55. The molecule has 0 amide bonds. The maximum atomic E-state index is 13.2. The molecule has 5 heteroatoms. The summed E-state index contributed by atoms with van der Waals surface area (Å²) in [6.07, 6.45) is -0.164. The highest BCUT2D eigenvalue weighted by Gasteiger charge is 2.38. The monoisotopic (exact) mass is 250 g/mol. The Bertz CT molecular complexity index is 601. The van der Waals surface area contributed by atoms with E-state index in [1.165, 1.54) is 11.0 Å². The van der Waals surface area contributed by atoms with E-state index in [0.717, 1.165) is 0 Å². The molecule has 94 valence electrons. The lowest BCUT2D eigenvalue weighted by molar-refractivity contribution is 0.0256. The summed E-state index contributed by atoms with van der Waals surface area (Å²) >= 11 is 0.